The van der Waals surface area contributed by atoms with E-state index >= 15 is 0 Å². The molecule has 2 heterocycles. The first-order valence-corrected chi connectivity index (χ1v) is 8.31. The van der Waals surface area contributed by atoms with Crippen LogP contribution in [0.3, 0.4) is 0 Å². The minimum absolute atomic E-state index is 0.0289. The normalized spacial score (nSPS) is 15.3. The van der Waals surface area contributed by atoms with Crippen LogP contribution in [-0.4, -0.2) is 32.8 Å². The summed E-state index contributed by atoms with van der Waals surface area (Å²) in [6.07, 6.45) is 4.27. The molecule has 2 aromatic rings. The van der Waals surface area contributed by atoms with Crippen molar-refractivity contribution >= 4 is 17.7 Å². The summed E-state index contributed by atoms with van der Waals surface area (Å²) in [5.41, 5.74) is 3.05. The SMILES string of the molecule is COc1cc(C=CC(=O)N2CCc3ccccc32)cc2c1OCCO2. The molecule has 0 saturated heterocycles. The number of carbonyl (C=O) groups is 1. The molecule has 0 spiro atoms. The molecule has 2 aliphatic rings. The third kappa shape index (κ3) is 2.93. The predicted octanol–water partition coefficient (Wildman–Crippen LogP) is 3.07. The molecule has 2 aliphatic heterocycles. The monoisotopic (exact) mass is 337 g/mol. The fraction of sp³-hybridized carbons (Fsp3) is 0.250. The van der Waals surface area contributed by atoms with Gasteiger partial charge in [-0.15, -0.1) is 0 Å². The van der Waals surface area contributed by atoms with Crippen molar-refractivity contribution in [3.05, 3.63) is 53.6 Å². The molecule has 1 amide bonds. The second-order valence-corrected chi connectivity index (χ2v) is 5.95. The molecule has 0 radical (unpaired) electrons. The molecule has 4 rings (SSSR count). The number of nitrogens with zero attached hydrogens (tertiary/aromatic N) is 1. The van der Waals surface area contributed by atoms with Crippen LogP contribution in [0.5, 0.6) is 17.2 Å². The summed E-state index contributed by atoms with van der Waals surface area (Å²) in [5, 5.41) is 0. The van der Waals surface area contributed by atoms with Crippen molar-refractivity contribution < 1.29 is 19.0 Å². The average Bonchev–Trinajstić information content (AvgIpc) is 3.09. The largest absolute Gasteiger partial charge is 0.493 e. The van der Waals surface area contributed by atoms with E-state index in [9.17, 15) is 4.79 Å². The van der Waals surface area contributed by atoms with Gasteiger partial charge < -0.3 is 19.1 Å². The van der Waals surface area contributed by atoms with Gasteiger partial charge >= 0.3 is 0 Å². The summed E-state index contributed by atoms with van der Waals surface area (Å²) in [6, 6.07) is 11.7. The Morgan fingerprint density at radius 3 is 2.92 bits per heavy atom. The summed E-state index contributed by atoms with van der Waals surface area (Å²) < 4.78 is 16.6. The van der Waals surface area contributed by atoms with Crippen molar-refractivity contribution in [2.24, 2.45) is 0 Å². The van der Waals surface area contributed by atoms with Crippen LogP contribution in [-0.2, 0) is 11.2 Å². The van der Waals surface area contributed by atoms with Crippen LogP contribution in [0.2, 0.25) is 0 Å². The molecule has 0 N–H and O–H groups in total. The molecule has 5 heteroatoms. The average molecular weight is 337 g/mol. The number of ether oxygens (including phenoxy) is 3. The second kappa shape index (κ2) is 6.51. The second-order valence-electron chi connectivity index (χ2n) is 5.95. The van der Waals surface area contributed by atoms with Crippen LogP contribution < -0.4 is 19.1 Å². The number of benzene rings is 2. The van der Waals surface area contributed by atoms with Gasteiger partial charge in [-0.05, 0) is 41.8 Å². The van der Waals surface area contributed by atoms with Gasteiger partial charge in [0.05, 0.1) is 7.11 Å². The van der Waals surface area contributed by atoms with Crippen LogP contribution in [0.15, 0.2) is 42.5 Å². The highest BCUT2D eigenvalue weighted by Crippen LogP contribution is 2.40. The summed E-state index contributed by atoms with van der Waals surface area (Å²) in [6.45, 7) is 1.73. The van der Waals surface area contributed by atoms with Crippen molar-refractivity contribution in [2.45, 2.75) is 6.42 Å². The quantitative estimate of drug-likeness (QED) is 0.808. The van der Waals surface area contributed by atoms with E-state index in [0.29, 0.717) is 37.0 Å². The van der Waals surface area contributed by atoms with Crippen LogP contribution in [0.1, 0.15) is 11.1 Å². The van der Waals surface area contributed by atoms with Crippen LogP contribution in [0.25, 0.3) is 6.08 Å². The Bertz CT molecular complexity index is 826. The van der Waals surface area contributed by atoms with Crippen molar-refractivity contribution in [3.63, 3.8) is 0 Å². The summed E-state index contributed by atoms with van der Waals surface area (Å²) >= 11 is 0. The molecule has 0 saturated carbocycles. The van der Waals surface area contributed by atoms with Crippen molar-refractivity contribution in [3.8, 4) is 17.2 Å². The van der Waals surface area contributed by atoms with E-state index in [1.165, 1.54) is 5.56 Å². The maximum Gasteiger partial charge on any atom is 0.251 e. The number of methoxy groups -OCH3 is 1. The lowest BCUT2D eigenvalue weighted by atomic mass is 10.1. The zero-order chi connectivity index (χ0) is 17.2. The smallest absolute Gasteiger partial charge is 0.251 e. The van der Waals surface area contributed by atoms with Crippen LogP contribution in [0.4, 0.5) is 5.69 Å². The number of amides is 1. The Morgan fingerprint density at radius 1 is 1.20 bits per heavy atom. The van der Waals surface area contributed by atoms with Gasteiger partial charge in [0, 0.05) is 18.3 Å². The number of hydrogen-bond donors (Lipinski definition) is 0. The number of para-hydroxylation sites is 1. The first-order chi connectivity index (χ1) is 12.3. The number of hydrogen-bond acceptors (Lipinski definition) is 4. The van der Waals surface area contributed by atoms with Crippen molar-refractivity contribution in [1.82, 2.24) is 0 Å². The number of rotatable bonds is 3. The van der Waals surface area contributed by atoms with Gasteiger partial charge in [-0.3, -0.25) is 4.79 Å². The highest BCUT2D eigenvalue weighted by Gasteiger charge is 2.22. The van der Waals surface area contributed by atoms with Gasteiger partial charge in [0.2, 0.25) is 5.75 Å². The topological polar surface area (TPSA) is 48.0 Å². The first kappa shape index (κ1) is 15.6. The summed E-state index contributed by atoms with van der Waals surface area (Å²) in [5.74, 6) is 1.84. The van der Waals surface area contributed by atoms with Crippen molar-refractivity contribution in [1.29, 1.82) is 0 Å². The van der Waals surface area contributed by atoms with E-state index in [2.05, 4.69) is 6.07 Å². The molecule has 2 aromatic carbocycles. The Hall–Kier alpha value is -2.95. The summed E-state index contributed by atoms with van der Waals surface area (Å²) in [7, 11) is 1.59. The number of anilines is 1. The van der Waals surface area contributed by atoms with Gasteiger partial charge in [0.1, 0.15) is 13.2 Å². The van der Waals surface area contributed by atoms with Gasteiger partial charge in [0.15, 0.2) is 11.5 Å². The predicted molar refractivity (Wildman–Crippen MR) is 95.5 cm³/mol. The van der Waals surface area contributed by atoms with Gasteiger partial charge in [-0.25, -0.2) is 0 Å². The molecular weight excluding hydrogens is 318 g/mol. The lowest BCUT2D eigenvalue weighted by molar-refractivity contribution is -0.114. The zero-order valence-corrected chi connectivity index (χ0v) is 14.0. The molecule has 25 heavy (non-hydrogen) atoms. The lowest BCUT2D eigenvalue weighted by Crippen LogP contribution is -2.26. The third-order valence-electron chi connectivity index (χ3n) is 4.42. The van der Waals surface area contributed by atoms with Gasteiger partial charge in [-0.2, -0.15) is 0 Å². The minimum atomic E-state index is -0.0289. The number of carbonyl (C=O) groups excluding carboxylic acids is 1. The lowest BCUT2D eigenvalue weighted by Gasteiger charge is -2.21. The molecule has 0 aliphatic carbocycles. The van der Waals surface area contributed by atoms with E-state index in [4.69, 9.17) is 14.2 Å². The van der Waals surface area contributed by atoms with E-state index in [1.54, 1.807) is 24.2 Å². The molecular formula is C20H19NO4. The van der Waals surface area contributed by atoms with E-state index in [0.717, 1.165) is 17.7 Å². The molecule has 0 atom stereocenters. The third-order valence-corrected chi connectivity index (χ3v) is 4.42. The molecule has 0 aromatic heterocycles. The van der Waals surface area contributed by atoms with Gasteiger partial charge in [0.25, 0.3) is 5.91 Å². The Kier molecular flexibility index (Phi) is 4.06. The minimum Gasteiger partial charge on any atom is -0.493 e. The standard InChI is InChI=1S/C20H19NO4/c1-23-17-12-14(13-18-20(17)25-11-10-24-18)6-7-19(22)21-9-8-15-4-2-3-5-16(15)21/h2-7,12-13H,8-11H2,1H3. The summed E-state index contributed by atoms with van der Waals surface area (Å²) in [4.78, 5) is 14.4. The fourth-order valence-electron chi connectivity index (χ4n) is 3.21. The molecule has 0 fully saturated rings. The fourth-order valence-corrected chi connectivity index (χ4v) is 3.21. The van der Waals surface area contributed by atoms with E-state index in [1.807, 2.05) is 30.3 Å². The maximum atomic E-state index is 12.6. The van der Waals surface area contributed by atoms with E-state index < -0.39 is 0 Å². The van der Waals surface area contributed by atoms with Crippen LogP contribution >= 0.6 is 0 Å². The van der Waals surface area contributed by atoms with Crippen molar-refractivity contribution in [2.75, 3.05) is 31.8 Å². The highest BCUT2D eigenvalue weighted by molar-refractivity contribution is 6.05. The first-order valence-electron chi connectivity index (χ1n) is 8.31. The highest BCUT2D eigenvalue weighted by atomic mass is 16.6. The van der Waals surface area contributed by atoms with Crippen LogP contribution in [0, 0.1) is 0 Å². The zero-order valence-electron chi connectivity index (χ0n) is 14.0. The Morgan fingerprint density at radius 2 is 2.04 bits per heavy atom. The molecule has 128 valence electrons. The molecule has 0 unspecified atom stereocenters. The number of fused-ring (bicyclic) bond motifs is 2. The molecule has 0 bridgehead atoms. The van der Waals surface area contributed by atoms with Gasteiger partial charge in [-0.1, -0.05) is 18.2 Å². The molecule has 5 nitrogen and oxygen atoms in total. The maximum absolute atomic E-state index is 12.6. The Balaban J connectivity index is 1.57. The Labute approximate surface area is 146 Å². The van der Waals surface area contributed by atoms with E-state index in [-0.39, 0.29) is 5.91 Å².